The number of aliphatic carboxylic acids is 1. The number of methoxy groups -OCH3 is 1. The van der Waals surface area contributed by atoms with Crippen LogP contribution in [0.3, 0.4) is 0 Å². The molecule has 2 N–H and O–H groups in total. The molecule has 0 aliphatic heterocycles. The third-order valence-corrected chi connectivity index (χ3v) is 5.07. The summed E-state index contributed by atoms with van der Waals surface area (Å²) in [5, 5.41) is 14.0. The molecule has 8 heteroatoms. The molecule has 0 spiro atoms. The second-order valence-corrected chi connectivity index (χ2v) is 6.81. The Hall–Kier alpha value is -2.61. The van der Waals surface area contributed by atoms with Crippen molar-refractivity contribution >= 4 is 23.2 Å². The standard InChI is InChI=1S/C18H20N2O5S/c1-24-16-7-11(5-6-15(16)25-8-12-9-26-10-19-12)17(21)20-14-4-2-3-13(14)18(22)23/h5-7,9-10,13-14H,2-4,8H2,1H3,(H,20,21)(H,22,23)/t13-,14+/m0/s1. The van der Waals surface area contributed by atoms with Gasteiger partial charge in [0.05, 0.1) is 24.2 Å². The Morgan fingerprint density at radius 1 is 1.35 bits per heavy atom. The predicted molar refractivity (Wildman–Crippen MR) is 95.7 cm³/mol. The van der Waals surface area contributed by atoms with E-state index in [0.717, 1.165) is 12.1 Å². The minimum atomic E-state index is -0.865. The van der Waals surface area contributed by atoms with Crippen LogP contribution in [0.4, 0.5) is 0 Å². The van der Waals surface area contributed by atoms with Crippen LogP contribution in [0.5, 0.6) is 11.5 Å². The highest BCUT2D eigenvalue weighted by Crippen LogP contribution is 2.30. The van der Waals surface area contributed by atoms with Gasteiger partial charge in [-0.25, -0.2) is 4.98 Å². The van der Waals surface area contributed by atoms with Crippen molar-refractivity contribution in [3.8, 4) is 11.5 Å². The van der Waals surface area contributed by atoms with Crippen LogP contribution >= 0.6 is 11.3 Å². The maximum Gasteiger partial charge on any atom is 0.308 e. The summed E-state index contributed by atoms with van der Waals surface area (Å²) in [4.78, 5) is 27.9. The Balaban J connectivity index is 1.67. The highest BCUT2D eigenvalue weighted by atomic mass is 32.1. The smallest absolute Gasteiger partial charge is 0.308 e. The number of hydrogen-bond donors (Lipinski definition) is 2. The largest absolute Gasteiger partial charge is 0.493 e. The van der Waals surface area contributed by atoms with Gasteiger partial charge < -0.3 is 19.9 Å². The summed E-state index contributed by atoms with van der Waals surface area (Å²) in [6, 6.07) is 4.56. The molecule has 0 radical (unpaired) electrons. The van der Waals surface area contributed by atoms with Crippen molar-refractivity contribution in [3.63, 3.8) is 0 Å². The van der Waals surface area contributed by atoms with E-state index in [1.807, 2.05) is 5.38 Å². The number of nitrogens with one attached hydrogen (secondary N) is 1. The van der Waals surface area contributed by atoms with Gasteiger partial charge >= 0.3 is 5.97 Å². The van der Waals surface area contributed by atoms with Crippen molar-refractivity contribution < 1.29 is 24.2 Å². The van der Waals surface area contributed by atoms with Crippen molar-refractivity contribution in [1.82, 2.24) is 10.3 Å². The van der Waals surface area contributed by atoms with E-state index in [-0.39, 0.29) is 11.9 Å². The minimum Gasteiger partial charge on any atom is -0.493 e. The Morgan fingerprint density at radius 3 is 2.88 bits per heavy atom. The van der Waals surface area contributed by atoms with Crippen molar-refractivity contribution in [2.24, 2.45) is 5.92 Å². The van der Waals surface area contributed by atoms with E-state index in [2.05, 4.69) is 10.3 Å². The number of carbonyl (C=O) groups excluding carboxylic acids is 1. The van der Waals surface area contributed by atoms with Gasteiger partial charge in [-0.15, -0.1) is 11.3 Å². The van der Waals surface area contributed by atoms with Gasteiger partial charge in [0.15, 0.2) is 11.5 Å². The molecule has 1 saturated carbocycles. The third kappa shape index (κ3) is 4.13. The third-order valence-electron chi connectivity index (χ3n) is 4.43. The number of rotatable bonds is 7. The van der Waals surface area contributed by atoms with Crippen molar-refractivity contribution in [2.45, 2.75) is 31.9 Å². The first-order valence-electron chi connectivity index (χ1n) is 8.30. The van der Waals surface area contributed by atoms with E-state index in [4.69, 9.17) is 9.47 Å². The summed E-state index contributed by atoms with van der Waals surface area (Å²) in [5.41, 5.74) is 2.95. The number of aromatic nitrogens is 1. The molecule has 0 bridgehead atoms. The van der Waals surface area contributed by atoms with E-state index in [9.17, 15) is 14.7 Å². The Bertz CT molecular complexity index is 778. The van der Waals surface area contributed by atoms with E-state index >= 15 is 0 Å². The fourth-order valence-electron chi connectivity index (χ4n) is 3.07. The van der Waals surface area contributed by atoms with Crippen LogP contribution in [-0.2, 0) is 11.4 Å². The van der Waals surface area contributed by atoms with Gasteiger partial charge in [-0.3, -0.25) is 9.59 Å². The monoisotopic (exact) mass is 376 g/mol. The molecule has 2 atom stereocenters. The summed E-state index contributed by atoms with van der Waals surface area (Å²) < 4.78 is 11.0. The van der Waals surface area contributed by atoms with E-state index < -0.39 is 11.9 Å². The molecule has 0 unspecified atom stereocenters. The van der Waals surface area contributed by atoms with Crippen LogP contribution in [0.25, 0.3) is 0 Å². The van der Waals surface area contributed by atoms with Crippen LogP contribution in [0, 0.1) is 5.92 Å². The number of nitrogens with zero attached hydrogens (tertiary/aromatic N) is 1. The van der Waals surface area contributed by atoms with Crippen LogP contribution in [0.2, 0.25) is 0 Å². The fraction of sp³-hybridized carbons (Fsp3) is 0.389. The normalized spacial score (nSPS) is 19.1. The number of amides is 1. The number of carbonyl (C=O) groups is 2. The van der Waals surface area contributed by atoms with E-state index in [1.54, 1.807) is 23.7 Å². The number of benzene rings is 1. The molecule has 26 heavy (non-hydrogen) atoms. The number of ether oxygens (including phenoxy) is 2. The summed E-state index contributed by atoms with van der Waals surface area (Å²) in [5.74, 6) is -0.749. The van der Waals surface area contributed by atoms with Gasteiger partial charge in [-0.05, 0) is 31.0 Å². The molecule has 7 nitrogen and oxygen atoms in total. The zero-order valence-electron chi connectivity index (χ0n) is 14.3. The van der Waals surface area contributed by atoms with Gasteiger partial charge in [-0.1, -0.05) is 6.42 Å². The maximum atomic E-state index is 12.5. The summed E-state index contributed by atoms with van der Waals surface area (Å²) in [6.07, 6.45) is 2.07. The van der Waals surface area contributed by atoms with E-state index in [0.29, 0.717) is 36.5 Å². The lowest BCUT2D eigenvalue weighted by Crippen LogP contribution is -2.40. The van der Waals surface area contributed by atoms with Crippen molar-refractivity contribution in [3.05, 3.63) is 40.3 Å². The molecule has 1 aliphatic carbocycles. The van der Waals surface area contributed by atoms with Crippen LogP contribution in [-0.4, -0.2) is 35.1 Å². The second kappa shape index (κ2) is 8.18. The van der Waals surface area contributed by atoms with Gasteiger partial charge in [0.1, 0.15) is 6.61 Å². The predicted octanol–water partition coefficient (Wildman–Crippen LogP) is 2.71. The Labute approximate surface area is 155 Å². The molecule has 138 valence electrons. The quantitative estimate of drug-likeness (QED) is 0.771. The molecule has 1 aliphatic rings. The van der Waals surface area contributed by atoms with Crippen LogP contribution in [0.1, 0.15) is 35.3 Å². The lowest BCUT2D eigenvalue weighted by molar-refractivity contribution is -0.142. The molecule has 3 rings (SSSR count). The summed E-state index contributed by atoms with van der Waals surface area (Å²) in [6.45, 7) is 0.313. The van der Waals surface area contributed by atoms with Gasteiger partial charge in [0.2, 0.25) is 0 Å². The molecular formula is C18H20N2O5S. The van der Waals surface area contributed by atoms with Crippen LogP contribution in [0.15, 0.2) is 29.1 Å². The van der Waals surface area contributed by atoms with Crippen molar-refractivity contribution in [2.75, 3.05) is 7.11 Å². The first-order chi connectivity index (χ1) is 12.6. The molecule has 1 amide bonds. The average molecular weight is 376 g/mol. The van der Waals surface area contributed by atoms with Crippen molar-refractivity contribution in [1.29, 1.82) is 0 Å². The molecule has 1 heterocycles. The molecule has 2 aromatic rings. The summed E-state index contributed by atoms with van der Waals surface area (Å²) >= 11 is 1.49. The average Bonchev–Trinajstić information content (AvgIpc) is 3.31. The first-order valence-corrected chi connectivity index (χ1v) is 9.24. The lowest BCUT2D eigenvalue weighted by Gasteiger charge is -2.18. The van der Waals surface area contributed by atoms with Gasteiger partial charge in [0.25, 0.3) is 5.91 Å². The molecular weight excluding hydrogens is 356 g/mol. The zero-order valence-corrected chi connectivity index (χ0v) is 15.1. The number of thiazole rings is 1. The minimum absolute atomic E-state index is 0.312. The Morgan fingerprint density at radius 2 is 2.19 bits per heavy atom. The SMILES string of the molecule is COc1cc(C(=O)N[C@@H]2CCC[C@@H]2C(=O)O)ccc1OCc1cscn1. The number of hydrogen-bond acceptors (Lipinski definition) is 6. The maximum absolute atomic E-state index is 12.5. The first kappa shape index (κ1) is 18.2. The Kier molecular flexibility index (Phi) is 5.72. The second-order valence-electron chi connectivity index (χ2n) is 6.09. The molecule has 1 fully saturated rings. The number of carboxylic acids is 1. The van der Waals surface area contributed by atoms with Gasteiger partial charge in [0, 0.05) is 17.0 Å². The fourth-order valence-corrected chi connectivity index (χ4v) is 3.61. The molecule has 0 saturated heterocycles. The number of carboxylic acid groups (broad SMARTS) is 1. The highest BCUT2D eigenvalue weighted by Gasteiger charge is 2.34. The highest BCUT2D eigenvalue weighted by molar-refractivity contribution is 7.07. The summed E-state index contributed by atoms with van der Waals surface area (Å²) in [7, 11) is 1.50. The molecule has 1 aromatic heterocycles. The van der Waals surface area contributed by atoms with Gasteiger partial charge in [-0.2, -0.15) is 0 Å². The molecule has 1 aromatic carbocycles. The topological polar surface area (TPSA) is 97.8 Å². The lowest BCUT2D eigenvalue weighted by atomic mass is 10.0. The van der Waals surface area contributed by atoms with E-state index in [1.165, 1.54) is 18.4 Å². The van der Waals surface area contributed by atoms with Crippen LogP contribution < -0.4 is 14.8 Å². The zero-order chi connectivity index (χ0) is 18.5.